The van der Waals surface area contributed by atoms with Gasteiger partial charge in [0.05, 0.1) is 16.6 Å². The number of esters is 1. The van der Waals surface area contributed by atoms with E-state index in [9.17, 15) is 23.3 Å². The smallest absolute Gasteiger partial charge is 0.310 e. The minimum Gasteiger partial charge on any atom is -0.461 e. The quantitative estimate of drug-likeness (QED) is 0.436. The van der Waals surface area contributed by atoms with Gasteiger partial charge in [0.15, 0.2) is 0 Å². The van der Waals surface area contributed by atoms with Crippen LogP contribution in [-0.4, -0.2) is 42.5 Å². The van der Waals surface area contributed by atoms with Crippen LogP contribution in [0.15, 0.2) is 24.3 Å². The molecule has 0 aliphatic carbocycles. The van der Waals surface area contributed by atoms with Crippen LogP contribution in [0.5, 0.6) is 0 Å². The normalized spacial score (nSPS) is 19.0. The van der Waals surface area contributed by atoms with Crippen LogP contribution in [0.2, 0.25) is 0 Å². The molecular weight excluding hydrogens is 336 g/mol. The summed E-state index contributed by atoms with van der Waals surface area (Å²) < 4.78 is 30.4. The second-order valence-electron chi connectivity index (χ2n) is 5.63. The molecule has 24 heavy (non-hydrogen) atoms. The van der Waals surface area contributed by atoms with Gasteiger partial charge in [-0.15, -0.1) is 0 Å². The number of rotatable bonds is 6. The summed E-state index contributed by atoms with van der Waals surface area (Å²) in [6, 6.07) is 5.87. The van der Waals surface area contributed by atoms with Crippen molar-refractivity contribution in [2.24, 2.45) is 5.92 Å². The van der Waals surface area contributed by atoms with Crippen LogP contribution in [0.4, 0.5) is 5.69 Å². The summed E-state index contributed by atoms with van der Waals surface area (Å²) in [6.07, 6.45) is 1.18. The van der Waals surface area contributed by atoms with Gasteiger partial charge in [0.2, 0.25) is 10.0 Å². The van der Waals surface area contributed by atoms with E-state index < -0.39 is 26.8 Å². The Balaban J connectivity index is 1.95. The van der Waals surface area contributed by atoms with E-state index in [1.807, 2.05) is 0 Å². The molecule has 0 bridgehead atoms. The van der Waals surface area contributed by atoms with Gasteiger partial charge in [-0.1, -0.05) is 12.1 Å². The molecule has 1 heterocycles. The fourth-order valence-corrected chi connectivity index (χ4v) is 3.78. The van der Waals surface area contributed by atoms with Crippen molar-refractivity contribution in [2.45, 2.75) is 26.4 Å². The molecule has 1 aromatic rings. The predicted molar refractivity (Wildman–Crippen MR) is 86.7 cm³/mol. The first kappa shape index (κ1) is 18.3. The topological polar surface area (TPSA) is 107 Å². The van der Waals surface area contributed by atoms with Gasteiger partial charge in [-0.2, -0.15) is 0 Å². The Labute approximate surface area is 140 Å². The minimum atomic E-state index is -3.32. The lowest BCUT2D eigenvalue weighted by Gasteiger charge is -2.30. The van der Waals surface area contributed by atoms with Crippen LogP contribution in [0.1, 0.15) is 25.3 Å². The van der Waals surface area contributed by atoms with Crippen molar-refractivity contribution in [1.82, 2.24) is 4.31 Å². The number of nitro groups is 1. The van der Waals surface area contributed by atoms with Crippen molar-refractivity contribution in [1.29, 1.82) is 0 Å². The van der Waals surface area contributed by atoms with Gasteiger partial charge < -0.3 is 4.74 Å². The van der Waals surface area contributed by atoms with Gasteiger partial charge in [0, 0.05) is 25.2 Å². The molecule has 132 valence electrons. The van der Waals surface area contributed by atoms with E-state index in [0.717, 1.165) is 0 Å². The molecule has 1 aliphatic heterocycles. The van der Waals surface area contributed by atoms with Crippen LogP contribution in [-0.2, 0) is 26.2 Å². The van der Waals surface area contributed by atoms with E-state index in [0.29, 0.717) is 24.9 Å². The van der Waals surface area contributed by atoms with Gasteiger partial charge in [0.25, 0.3) is 5.69 Å². The highest BCUT2D eigenvalue weighted by molar-refractivity contribution is 7.89. The fraction of sp³-hybridized carbons (Fsp3) is 0.533. The van der Waals surface area contributed by atoms with E-state index >= 15 is 0 Å². The summed E-state index contributed by atoms with van der Waals surface area (Å²) in [5, 5.41) is 10.7. The number of carbonyl (C=O) groups excluding carboxylic acids is 1. The Bertz CT molecular complexity index is 718. The molecule has 0 aromatic heterocycles. The summed E-state index contributed by atoms with van der Waals surface area (Å²) in [4.78, 5) is 22.4. The van der Waals surface area contributed by atoms with Crippen molar-refractivity contribution >= 4 is 21.7 Å². The first-order chi connectivity index (χ1) is 11.3. The second-order valence-corrected chi connectivity index (χ2v) is 7.89. The van der Waals surface area contributed by atoms with Crippen LogP contribution in [0, 0.1) is 16.0 Å². The number of carbonyl (C=O) groups is 1. The van der Waals surface area contributed by atoms with E-state index in [-0.39, 0.29) is 24.6 Å². The number of non-ortho nitro benzene ring substituents is 1. The third kappa shape index (κ3) is 4.51. The van der Waals surface area contributed by atoms with Crippen molar-refractivity contribution in [3.05, 3.63) is 39.9 Å². The Morgan fingerprint density at radius 2 is 2.21 bits per heavy atom. The summed E-state index contributed by atoms with van der Waals surface area (Å²) in [5.41, 5.74) is 0.452. The third-order valence-electron chi connectivity index (χ3n) is 3.98. The summed E-state index contributed by atoms with van der Waals surface area (Å²) >= 11 is 0. The van der Waals surface area contributed by atoms with Gasteiger partial charge in [-0.25, -0.2) is 12.7 Å². The molecular formula is C15H20N2O6S. The standard InChI is InChI=1S/C15H20N2O6S/c1-2-24(21,22)16-8-4-6-13(10-16)15(18)23-11-12-5-3-7-14(9-12)17(19)20/h3,5,7,9,13H,2,4,6,8,10-11H2,1H3/t13-/m0/s1. The van der Waals surface area contributed by atoms with Crippen molar-refractivity contribution in [3.63, 3.8) is 0 Å². The summed E-state index contributed by atoms with van der Waals surface area (Å²) in [7, 11) is -3.32. The van der Waals surface area contributed by atoms with E-state index in [1.165, 1.54) is 22.5 Å². The van der Waals surface area contributed by atoms with E-state index in [1.54, 1.807) is 13.0 Å². The van der Waals surface area contributed by atoms with Gasteiger partial charge in [-0.3, -0.25) is 14.9 Å². The lowest BCUT2D eigenvalue weighted by molar-refractivity contribution is -0.384. The van der Waals surface area contributed by atoms with Crippen LogP contribution in [0.3, 0.4) is 0 Å². The van der Waals surface area contributed by atoms with E-state index in [2.05, 4.69) is 0 Å². The number of nitrogens with zero attached hydrogens (tertiary/aromatic N) is 2. The van der Waals surface area contributed by atoms with Gasteiger partial charge >= 0.3 is 5.97 Å². The number of sulfonamides is 1. The molecule has 0 spiro atoms. The minimum absolute atomic E-state index is 0.00243. The molecule has 0 N–H and O–H groups in total. The maximum absolute atomic E-state index is 12.2. The molecule has 9 heteroatoms. The van der Waals surface area contributed by atoms with E-state index in [4.69, 9.17) is 4.74 Å². The highest BCUT2D eigenvalue weighted by Gasteiger charge is 2.32. The highest BCUT2D eigenvalue weighted by atomic mass is 32.2. The molecule has 0 amide bonds. The first-order valence-corrected chi connectivity index (χ1v) is 9.32. The lowest BCUT2D eigenvalue weighted by atomic mass is 10.00. The molecule has 1 atom stereocenters. The SMILES string of the molecule is CCS(=O)(=O)N1CCC[C@H](C(=O)OCc2cccc([N+](=O)[O-])c2)C1. The van der Waals surface area contributed by atoms with Crippen LogP contribution in [0.25, 0.3) is 0 Å². The molecule has 1 aliphatic rings. The zero-order valence-electron chi connectivity index (χ0n) is 13.4. The van der Waals surface area contributed by atoms with Crippen LogP contribution < -0.4 is 0 Å². The Kier molecular flexibility index (Phi) is 5.89. The number of hydrogen-bond donors (Lipinski definition) is 0. The molecule has 0 unspecified atom stereocenters. The van der Waals surface area contributed by atoms with Gasteiger partial charge in [0.1, 0.15) is 6.61 Å². The number of ether oxygens (including phenoxy) is 1. The Morgan fingerprint density at radius 1 is 1.46 bits per heavy atom. The number of nitro benzene ring substituents is 1. The fourth-order valence-electron chi connectivity index (χ4n) is 2.60. The van der Waals surface area contributed by atoms with Crippen molar-refractivity contribution in [3.8, 4) is 0 Å². The second kappa shape index (κ2) is 7.71. The average molecular weight is 356 g/mol. The first-order valence-electron chi connectivity index (χ1n) is 7.71. The number of hydrogen-bond acceptors (Lipinski definition) is 6. The Morgan fingerprint density at radius 3 is 2.88 bits per heavy atom. The molecule has 0 radical (unpaired) electrons. The molecule has 1 saturated heterocycles. The maximum atomic E-state index is 12.2. The third-order valence-corrected chi connectivity index (χ3v) is 5.83. The number of benzene rings is 1. The zero-order chi connectivity index (χ0) is 17.7. The average Bonchev–Trinajstić information content (AvgIpc) is 2.60. The molecule has 1 fully saturated rings. The van der Waals surface area contributed by atoms with Crippen molar-refractivity contribution in [2.75, 3.05) is 18.8 Å². The molecule has 2 rings (SSSR count). The monoisotopic (exact) mass is 356 g/mol. The summed E-state index contributed by atoms with van der Waals surface area (Å²) in [6.45, 7) is 2.05. The highest BCUT2D eigenvalue weighted by Crippen LogP contribution is 2.21. The Hall–Kier alpha value is -2.00. The van der Waals surface area contributed by atoms with Crippen LogP contribution >= 0.6 is 0 Å². The molecule has 8 nitrogen and oxygen atoms in total. The molecule has 1 aromatic carbocycles. The number of piperidine rings is 1. The van der Waals surface area contributed by atoms with Crippen molar-refractivity contribution < 1.29 is 22.9 Å². The van der Waals surface area contributed by atoms with Gasteiger partial charge in [-0.05, 0) is 25.3 Å². The maximum Gasteiger partial charge on any atom is 0.310 e. The largest absolute Gasteiger partial charge is 0.461 e. The zero-order valence-corrected chi connectivity index (χ0v) is 14.2. The lowest BCUT2D eigenvalue weighted by Crippen LogP contribution is -2.43. The molecule has 0 saturated carbocycles. The predicted octanol–water partition coefficient (Wildman–Crippen LogP) is 1.70. The summed E-state index contributed by atoms with van der Waals surface area (Å²) in [5.74, 6) is -0.973.